The first kappa shape index (κ1) is 26.0. The van der Waals surface area contributed by atoms with Crippen molar-refractivity contribution < 1.29 is 15.0 Å². The van der Waals surface area contributed by atoms with E-state index in [1.807, 2.05) is 0 Å². The highest BCUT2D eigenvalue weighted by Crippen LogP contribution is 2.68. The van der Waals surface area contributed by atoms with Gasteiger partial charge in [-0.15, -0.1) is 0 Å². The quantitative estimate of drug-likeness (QED) is 0.420. The van der Waals surface area contributed by atoms with Crippen LogP contribution in [0.1, 0.15) is 104 Å². The molecule has 0 radical (unpaired) electrons. The molecule has 200 valence electrons. The van der Waals surface area contributed by atoms with Crippen LogP contribution in [0.4, 0.5) is 0 Å². The molecule has 5 heteroatoms. The van der Waals surface area contributed by atoms with Gasteiger partial charge < -0.3 is 20.8 Å². The molecule has 1 heterocycles. The minimum absolute atomic E-state index is 0.168. The zero-order valence-corrected chi connectivity index (χ0v) is 22.6. The zero-order valence-electron chi connectivity index (χ0n) is 22.6. The fourth-order valence-corrected chi connectivity index (χ4v) is 10.2. The number of aliphatic hydroxyl groups is 2. The Morgan fingerprint density at radius 1 is 1.03 bits per heavy atom. The van der Waals surface area contributed by atoms with Gasteiger partial charge in [0.25, 0.3) is 0 Å². The normalized spacial score (nSPS) is 48.0. The number of fused-ring (bicyclic) bond motifs is 5. The Hall–Kier alpha value is -0.650. The summed E-state index contributed by atoms with van der Waals surface area (Å²) in [5.74, 6) is 3.56. The van der Waals surface area contributed by atoms with Gasteiger partial charge >= 0.3 is 0 Å². The molecular formula is C30H52N2O3. The summed E-state index contributed by atoms with van der Waals surface area (Å²) in [5, 5.41) is 28.4. The topological polar surface area (TPSA) is 81.6 Å². The van der Waals surface area contributed by atoms with E-state index in [-0.39, 0.29) is 18.1 Å². The summed E-state index contributed by atoms with van der Waals surface area (Å²) in [6.45, 7) is 9.33. The van der Waals surface area contributed by atoms with E-state index in [0.717, 1.165) is 51.6 Å². The molecule has 5 rings (SSSR count). The van der Waals surface area contributed by atoms with Gasteiger partial charge in [0.15, 0.2) is 0 Å². The standard InChI is InChI=1S/C30H52N2O3/c1-19(6-9-27(35)32-16-12-21-5-4-15-31-21)23-7-8-24-28-25(11-14-30(23,24)3)29(2)13-10-22(33)17-20(29)18-26(28)34/h19-26,28,31,33-34H,4-18H2,1-3H3,(H,32,35)/t19-,20+,21?,22-,23-,24+,25+,26+,28+,29+,30-/m1/s1. The Labute approximate surface area is 213 Å². The van der Waals surface area contributed by atoms with E-state index >= 15 is 0 Å². The molecule has 35 heavy (non-hydrogen) atoms. The van der Waals surface area contributed by atoms with Gasteiger partial charge in [-0.25, -0.2) is 0 Å². The van der Waals surface area contributed by atoms with Gasteiger partial charge in [-0.1, -0.05) is 20.8 Å². The molecule has 0 aromatic heterocycles. The maximum absolute atomic E-state index is 12.5. The van der Waals surface area contributed by atoms with Crippen molar-refractivity contribution in [1.29, 1.82) is 0 Å². The Morgan fingerprint density at radius 3 is 2.57 bits per heavy atom. The fourth-order valence-electron chi connectivity index (χ4n) is 10.2. The Kier molecular flexibility index (Phi) is 7.61. The first-order valence-corrected chi connectivity index (χ1v) is 15.1. The van der Waals surface area contributed by atoms with Crippen molar-refractivity contribution >= 4 is 5.91 Å². The maximum atomic E-state index is 12.5. The number of hydrogen-bond acceptors (Lipinski definition) is 4. The van der Waals surface area contributed by atoms with E-state index in [2.05, 4.69) is 31.4 Å². The number of rotatable bonds is 7. The molecule has 1 aliphatic heterocycles. The van der Waals surface area contributed by atoms with Crippen LogP contribution in [0.25, 0.3) is 0 Å². The molecule has 1 amide bonds. The number of nitrogens with one attached hydrogen (secondary N) is 2. The van der Waals surface area contributed by atoms with E-state index in [1.165, 1.54) is 38.5 Å². The molecular weight excluding hydrogens is 436 g/mol. The lowest BCUT2D eigenvalue weighted by Gasteiger charge is -2.62. The molecule has 5 fully saturated rings. The Bertz CT molecular complexity index is 754. The molecule has 4 aliphatic carbocycles. The number of amides is 1. The molecule has 0 spiro atoms. The van der Waals surface area contributed by atoms with Crippen LogP contribution in [0.15, 0.2) is 0 Å². The van der Waals surface area contributed by atoms with Crippen molar-refractivity contribution in [2.75, 3.05) is 13.1 Å². The molecule has 5 aliphatic rings. The van der Waals surface area contributed by atoms with E-state index in [1.54, 1.807) is 0 Å². The predicted octanol–water partition coefficient (Wildman–Crippen LogP) is 4.65. The molecule has 1 saturated heterocycles. The van der Waals surface area contributed by atoms with Gasteiger partial charge in [-0.2, -0.15) is 0 Å². The van der Waals surface area contributed by atoms with Crippen molar-refractivity contribution in [3.05, 3.63) is 0 Å². The number of aliphatic hydroxyl groups excluding tert-OH is 2. The van der Waals surface area contributed by atoms with Crippen molar-refractivity contribution in [2.24, 2.45) is 46.3 Å². The highest BCUT2D eigenvalue weighted by atomic mass is 16.3. The lowest BCUT2D eigenvalue weighted by molar-refractivity contribution is -0.174. The molecule has 5 nitrogen and oxygen atoms in total. The summed E-state index contributed by atoms with van der Waals surface area (Å²) < 4.78 is 0. The van der Waals surface area contributed by atoms with Crippen LogP contribution < -0.4 is 10.6 Å². The van der Waals surface area contributed by atoms with Crippen molar-refractivity contribution in [1.82, 2.24) is 10.6 Å². The van der Waals surface area contributed by atoms with E-state index in [9.17, 15) is 15.0 Å². The van der Waals surface area contributed by atoms with Crippen molar-refractivity contribution in [3.63, 3.8) is 0 Å². The summed E-state index contributed by atoms with van der Waals surface area (Å²) in [6, 6.07) is 0.589. The number of hydrogen-bond donors (Lipinski definition) is 4. The second-order valence-corrected chi connectivity index (χ2v) is 13.9. The molecule has 1 unspecified atom stereocenters. The molecule has 0 aromatic rings. The van der Waals surface area contributed by atoms with Crippen LogP contribution in [0.2, 0.25) is 0 Å². The summed E-state index contributed by atoms with van der Waals surface area (Å²) in [7, 11) is 0. The lowest BCUT2D eigenvalue weighted by atomic mass is 9.43. The maximum Gasteiger partial charge on any atom is 0.220 e. The summed E-state index contributed by atoms with van der Waals surface area (Å²) >= 11 is 0. The molecule has 4 N–H and O–H groups in total. The van der Waals surface area contributed by atoms with E-state index in [4.69, 9.17) is 0 Å². The van der Waals surface area contributed by atoms with Gasteiger partial charge in [0, 0.05) is 19.0 Å². The van der Waals surface area contributed by atoms with Crippen LogP contribution in [0, 0.1) is 46.3 Å². The van der Waals surface area contributed by atoms with Gasteiger partial charge in [-0.05, 0) is 130 Å². The average Bonchev–Trinajstić information content (AvgIpc) is 3.46. The fraction of sp³-hybridized carbons (Fsp3) is 0.967. The molecule has 4 saturated carbocycles. The van der Waals surface area contributed by atoms with Gasteiger partial charge in [0.05, 0.1) is 12.2 Å². The highest BCUT2D eigenvalue weighted by molar-refractivity contribution is 5.75. The third-order valence-electron chi connectivity index (χ3n) is 12.2. The smallest absolute Gasteiger partial charge is 0.220 e. The monoisotopic (exact) mass is 488 g/mol. The second kappa shape index (κ2) is 10.3. The van der Waals surface area contributed by atoms with Crippen LogP contribution >= 0.6 is 0 Å². The first-order valence-electron chi connectivity index (χ1n) is 15.1. The second-order valence-electron chi connectivity index (χ2n) is 13.9. The lowest BCUT2D eigenvalue weighted by Crippen LogP contribution is -2.58. The van der Waals surface area contributed by atoms with Crippen LogP contribution in [-0.4, -0.2) is 47.5 Å². The van der Waals surface area contributed by atoms with Crippen molar-refractivity contribution in [2.45, 2.75) is 122 Å². The SMILES string of the molecule is C[C@H](CCC(=O)NCCC1CCCN1)[C@H]1CC[C@H]2[C@@H]3[C@@H](O)C[C@@H]4C[C@H](O)CC[C@]4(C)[C@H]3CC[C@]12C. The van der Waals surface area contributed by atoms with Gasteiger partial charge in [-0.3, -0.25) is 4.79 Å². The Balaban J connectivity index is 1.17. The van der Waals surface area contributed by atoms with Crippen LogP contribution in [0.5, 0.6) is 0 Å². The first-order chi connectivity index (χ1) is 16.7. The zero-order chi connectivity index (χ0) is 24.8. The van der Waals surface area contributed by atoms with Gasteiger partial charge in [0.1, 0.15) is 0 Å². The van der Waals surface area contributed by atoms with Crippen molar-refractivity contribution in [3.8, 4) is 0 Å². The largest absolute Gasteiger partial charge is 0.393 e. The highest BCUT2D eigenvalue weighted by Gasteiger charge is 2.62. The third kappa shape index (κ3) is 4.83. The number of carbonyl (C=O) groups excluding carboxylic acids is 1. The van der Waals surface area contributed by atoms with E-state index < -0.39 is 0 Å². The predicted molar refractivity (Wildman–Crippen MR) is 140 cm³/mol. The average molecular weight is 489 g/mol. The minimum Gasteiger partial charge on any atom is -0.393 e. The van der Waals surface area contributed by atoms with Crippen LogP contribution in [0.3, 0.4) is 0 Å². The summed E-state index contributed by atoms with van der Waals surface area (Å²) in [6.07, 6.45) is 13.6. The summed E-state index contributed by atoms with van der Waals surface area (Å²) in [5.41, 5.74) is 0.587. The molecule has 0 bridgehead atoms. The van der Waals surface area contributed by atoms with E-state index in [0.29, 0.717) is 58.8 Å². The Morgan fingerprint density at radius 2 is 1.80 bits per heavy atom. The third-order valence-corrected chi connectivity index (χ3v) is 12.2. The van der Waals surface area contributed by atoms with Gasteiger partial charge in [0.2, 0.25) is 5.91 Å². The minimum atomic E-state index is -0.206. The summed E-state index contributed by atoms with van der Waals surface area (Å²) in [4.78, 5) is 12.5. The molecule has 11 atom stereocenters. The number of carbonyl (C=O) groups is 1. The molecule has 0 aromatic carbocycles. The van der Waals surface area contributed by atoms with Crippen LogP contribution in [-0.2, 0) is 4.79 Å².